The van der Waals surface area contributed by atoms with Gasteiger partial charge in [0.1, 0.15) is 34.5 Å². The Kier molecular flexibility index (Phi) is 7.49. The van der Waals surface area contributed by atoms with Crippen molar-refractivity contribution in [1.29, 1.82) is 0 Å². The molecular formula is C26H23FN4O4. The van der Waals surface area contributed by atoms with Crippen LogP contribution in [0.3, 0.4) is 0 Å². The lowest BCUT2D eigenvalue weighted by atomic mass is 10.2. The second kappa shape index (κ2) is 11.1. The van der Waals surface area contributed by atoms with Crippen LogP contribution < -0.4 is 25.1 Å². The monoisotopic (exact) mass is 474 g/mol. The van der Waals surface area contributed by atoms with E-state index >= 15 is 0 Å². The number of nitrogens with zero attached hydrogens (tertiary/aromatic N) is 2. The second-order valence-electron chi connectivity index (χ2n) is 7.33. The molecule has 0 aliphatic heterocycles. The highest BCUT2D eigenvalue weighted by molar-refractivity contribution is 5.92. The molecule has 0 radical (unpaired) electrons. The van der Waals surface area contributed by atoms with Crippen molar-refractivity contribution in [2.45, 2.75) is 6.54 Å². The third kappa shape index (κ3) is 6.10. The van der Waals surface area contributed by atoms with Gasteiger partial charge in [0.05, 0.1) is 14.2 Å². The fourth-order valence-corrected chi connectivity index (χ4v) is 3.22. The first-order valence-electron chi connectivity index (χ1n) is 10.7. The number of carbonyl (C=O) groups excluding carboxylic acids is 1. The van der Waals surface area contributed by atoms with E-state index in [9.17, 15) is 9.18 Å². The molecule has 35 heavy (non-hydrogen) atoms. The minimum Gasteiger partial charge on any atom is -0.497 e. The van der Waals surface area contributed by atoms with Crippen molar-refractivity contribution in [1.82, 2.24) is 20.8 Å². The number of hydrazine groups is 1. The second-order valence-corrected chi connectivity index (χ2v) is 7.33. The topological polar surface area (TPSA) is 94.6 Å². The molecule has 0 saturated heterocycles. The highest BCUT2D eigenvalue weighted by Gasteiger charge is 2.11. The summed E-state index contributed by atoms with van der Waals surface area (Å²) < 4.78 is 29.3. The predicted octanol–water partition coefficient (Wildman–Crippen LogP) is 4.53. The van der Waals surface area contributed by atoms with Gasteiger partial charge in [-0.2, -0.15) is 0 Å². The summed E-state index contributed by atoms with van der Waals surface area (Å²) in [5.74, 6) is 2.08. The Morgan fingerprint density at radius 3 is 2.26 bits per heavy atom. The Hall–Kier alpha value is -4.50. The quantitative estimate of drug-likeness (QED) is 0.344. The number of carbonyl (C=O) groups is 1. The van der Waals surface area contributed by atoms with Gasteiger partial charge in [-0.1, -0.05) is 6.07 Å². The Morgan fingerprint density at radius 2 is 1.57 bits per heavy atom. The van der Waals surface area contributed by atoms with Crippen LogP contribution in [0.4, 0.5) is 4.39 Å². The van der Waals surface area contributed by atoms with Gasteiger partial charge in [0.25, 0.3) is 5.91 Å². The lowest BCUT2D eigenvalue weighted by Gasteiger charge is -2.12. The zero-order valence-electron chi connectivity index (χ0n) is 19.1. The molecule has 1 heterocycles. The number of nitrogens with one attached hydrogen (secondary N) is 2. The van der Waals surface area contributed by atoms with Crippen molar-refractivity contribution in [3.05, 3.63) is 96.1 Å². The van der Waals surface area contributed by atoms with E-state index in [2.05, 4.69) is 20.8 Å². The molecule has 4 aromatic rings. The molecule has 3 aromatic carbocycles. The Balaban J connectivity index is 1.37. The number of rotatable bonds is 9. The van der Waals surface area contributed by atoms with Gasteiger partial charge in [0, 0.05) is 29.9 Å². The van der Waals surface area contributed by atoms with Crippen LogP contribution >= 0.6 is 0 Å². The van der Waals surface area contributed by atoms with Crippen molar-refractivity contribution in [2.75, 3.05) is 14.2 Å². The van der Waals surface area contributed by atoms with E-state index in [-0.39, 0.29) is 11.5 Å². The first-order chi connectivity index (χ1) is 17.1. The molecule has 0 aliphatic rings. The zero-order valence-corrected chi connectivity index (χ0v) is 19.1. The van der Waals surface area contributed by atoms with E-state index in [1.165, 1.54) is 24.4 Å². The first kappa shape index (κ1) is 23.7. The molecule has 1 amide bonds. The van der Waals surface area contributed by atoms with Crippen LogP contribution in [0.5, 0.6) is 23.0 Å². The van der Waals surface area contributed by atoms with E-state index in [0.717, 1.165) is 5.56 Å². The maximum Gasteiger partial charge on any atom is 0.284 e. The molecule has 4 rings (SSSR count). The predicted molar refractivity (Wildman–Crippen MR) is 128 cm³/mol. The van der Waals surface area contributed by atoms with E-state index in [4.69, 9.17) is 14.2 Å². The molecule has 2 N–H and O–H groups in total. The first-order valence-corrected chi connectivity index (χ1v) is 10.7. The summed E-state index contributed by atoms with van der Waals surface area (Å²) in [6, 6.07) is 19.8. The lowest BCUT2D eigenvalue weighted by Crippen LogP contribution is -2.37. The highest BCUT2D eigenvalue weighted by atomic mass is 19.1. The van der Waals surface area contributed by atoms with Gasteiger partial charge in [-0.15, -0.1) is 0 Å². The van der Waals surface area contributed by atoms with Gasteiger partial charge in [-0.25, -0.2) is 19.8 Å². The van der Waals surface area contributed by atoms with Crippen molar-refractivity contribution < 1.29 is 23.4 Å². The van der Waals surface area contributed by atoms with Gasteiger partial charge >= 0.3 is 0 Å². The average Bonchev–Trinajstić information content (AvgIpc) is 2.90. The molecule has 0 spiro atoms. The Morgan fingerprint density at radius 1 is 0.886 bits per heavy atom. The molecule has 0 unspecified atom stereocenters. The number of methoxy groups -OCH3 is 2. The van der Waals surface area contributed by atoms with Crippen LogP contribution in [-0.4, -0.2) is 30.1 Å². The minimum atomic E-state index is -0.405. The number of hydrogen-bond donors (Lipinski definition) is 2. The number of amides is 1. The van der Waals surface area contributed by atoms with Crippen molar-refractivity contribution >= 4 is 5.91 Å². The Labute approximate surface area is 201 Å². The smallest absolute Gasteiger partial charge is 0.284 e. The molecule has 1 aromatic heterocycles. The minimum absolute atomic E-state index is 0.204. The van der Waals surface area contributed by atoms with Crippen LogP contribution in [-0.2, 0) is 6.54 Å². The van der Waals surface area contributed by atoms with Gasteiger partial charge in [-0.05, 0) is 60.7 Å². The van der Waals surface area contributed by atoms with Crippen molar-refractivity contribution in [3.63, 3.8) is 0 Å². The summed E-state index contributed by atoms with van der Waals surface area (Å²) in [7, 11) is 3.15. The highest BCUT2D eigenvalue weighted by Crippen LogP contribution is 2.25. The van der Waals surface area contributed by atoms with Crippen molar-refractivity contribution in [3.8, 4) is 34.4 Å². The standard InChI is InChI=1S/C26H23FN4O4/c1-33-22-10-5-18(24(15-22)34-2)16-29-31-26(32)23-13-14-28-25(30-23)17-3-8-20(9-4-17)35-21-11-6-19(27)7-12-21/h3-15,29H,16H2,1-2H3,(H,31,32). The molecule has 0 aliphatic carbocycles. The van der Waals surface area contributed by atoms with Crippen LogP contribution in [0.15, 0.2) is 79.0 Å². The van der Waals surface area contributed by atoms with E-state index in [1.807, 2.05) is 12.1 Å². The molecule has 8 nitrogen and oxygen atoms in total. The SMILES string of the molecule is COc1ccc(CNNC(=O)c2ccnc(-c3ccc(Oc4ccc(F)cc4)cc3)n2)c(OC)c1. The van der Waals surface area contributed by atoms with Crippen LogP contribution in [0.2, 0.25) is 0 Å². The van der Waals surface area contributed by atoms with E-state index in [0.29, 0.717) is 40.9 Å². The van der Waals surface area contributed by atoms with Gasteiger partial charge in [0.2, 0.25) is 0 Å². The largest absolute Gasteiger partial charge is 0.497 e. The van der Waals surface area contributed by atoms with Crippen LogP contribution in [0.25, 0.3) is 11.4 Å². The number of ether oxygens (including phenoxy) is 3. The fraction of sp³-hybridized carbons (Fsp3) is 0.115. The summed E-state index contributed by atoms with van der Waals surface area (Å²) in [5.41, 5.74) is 7.28. The number of benzene rings is 3. The van der Waals surface area contributed by atoms with Gasteiger partial charge < -0.3 is 14.2 Å². The molecule has 0 saturated carbocycles. The molecule has 0 bridgehead atoms. The summed E-state index contributed by atoms with van der Waals surface area (Å²) >= 11 is 0. The maximum atomic E-state index is 13.0. The summed E-state index contributed by atoms with van der Waals surface area (Å²) in [6.07, 6.45) is 1.52. The molecule has 178 valence electrons. The normalized spacial score (nSPS) is 10.5. The van der Waals surface area contributed by atoms with Crippen LogP contribution in [0.1, 0.15) is 16.1 Å². The third-order valence-corrected chi connectivity index (χ3v) is 5.03. The van der Waals surface area contributed by atoms with E-state index < -0.39 is 5.91 Å². The average molecular weight is 474 g/mol. The van der Waals surface area contributed by atoms with E-state index in [1.54, 1.807) is 56.7 Å². The van der Waals surface area contributed by atoms with Gasteiger partial charge in [0.15, 0.2) is 5.82 Å². The summed E-state index contributed by atoms with van der Waals surface area (Å²) in [6.45, 7) is 0.340. The molecule has 9 heteroatoms. The maximum absolute atomic E-state index is 13.0. The molecule has 0 fully saturated rings. The van der Waals surface area contributed by atoms with Gasteiger partial charge in [-0.3, -0.25) is 10.2 Å². The van der Waals surface area contributed by atoms with Crippen molar-refractivity contribution in [2.24, 2.45) is 0 Å². The lowest BCUT2D eigenvalue weighted by molar-refractivity contribution is 0.0927. The number of hydrogen-bond acceptors (Lipinski definition) is 7. The Bertz CT molecular complexity index is 1300. The van der Waals surface area contributed by atoms with Crippen LogP contribution in [0, 0.1) is 5.82 Å². The summed E-state index contributed by atoms with van der Waals surface area (Å²) in [5, 5.41) is 0. The number of aromatic nitrogens is 2. The molecular weight excluding hydrogens is 451 g/mol. The third-order valence-electron chi connectivity index (χ3n) is 5.03. The number of halogens is 1. The zero-order chi connectivity index (χ0) is 24.6. The molecule has 0 atom stereocenters. The fourth-order valence-electron chi connectivity index (χ4n) is 3.22. The summed E-state index contributed by atoms with van der Waals surface area (Å²) in [4.78, 5) is 21.2.